The summed E-state index contributed by atoms with van der Waals surface area (Å²) in [4.78, 5) is 19.7. The van der Waals surface area contributed by atoms with E-state index in [9.17, 15) is 9.59 Å². The van der Waals surface area contributed by atoms with E-state index in [1.54, 1.807) is 14.2 Å². The normalized spacial score (nSPS) is 7.83. The number of hydrogen-bond donors (Lipinski definition) is 2. The van der Waals surface area contributed by atoms with Gasteiger partial charge in [0.15, 0.2) is 0 Å². The van der Waals surface area contributed by atoms with Gasteiger partial charge in [0.1, 0.15) is 0 Å². The predicted octanol–water partition coefficient (Wildman–Crippen LogP) is 0.364. The predicted molar refractivity (Wildman–Crippen MR) is 42.0 cm³/mol. The standard InChI is InChI=1S/C5H6O4.C2H6O/c1-3(5(8)9)2-4(6)7;1-3-2/h1-2H2,(H,6,7)(H,8,9);1-2H3. The van der Waals surface area contributed by atoms with E-state index >= 15 is 0 Å². The van der Waals surface area contributed by atoms with Gasteiger partial charge in [0.2, 0.25) is 0 Å². The number of aliphatic carboxylic acids is 2. The lowest BCUT2D eigenvalue weighted by Gasteiger charge is -1.91. The van der Waals surface area contributed by atoms with Gasteiger partial charge in [-0.2, -0.15) is 0 Å². The summed E-state index contributed by atoms with van der Waals surface area (Å²) in [5, 5.41) is 16.1. The zero-order valence-electron chi connectivity index (χ0n) is 7.03. The van der Waals surface area contributed by atoms with E-state index in [0.717, 1.165) is 0 Å². The number of carbonyl (C=O) groups is 2. The summed E-state index contributed by atoms with van der Waals surface area (Å²) < 4.78 is 4.25. The van der Waals surface area contributed by atoms with Crippen LogP contribution >= 0.6 is 0 Å². The molecule has 0 fully saturated rings. The first-order valence-corrected chi connectivity index (χ1v) is 2.98. The Bertz CT molecular complexity index is 173. The summed E-state index contributed by atoms with van der Waals surface area (Å²) in [7, 11) is 3.25. The van der Waals surface area contributed by atoms with Crippen molar-refractivity contribution in [2.45, 2.75) is 6.42 Å². The van der Waals surface area contributed by atoms with Crippen LogP contribution in [0.15, 0.2) is 12.2 Å². The second-order valence-electron chi connectivity index (χ2n) is 1.89. The molecule has 0 aliphatic heterocycles. The van der Waals surface area contributed by atoms with Crippen molar-refractivity contribution in [3.05, 3.63) is 12.2 Å². The lowest BCUT2D eigenvalue weighted by Crippen LogP contribution is -2.04. The average molecular weight is 176 g/mol. The average Bonchev–Trinajstić information content (AvgIpc) is 1.87. The third-order valence-corrected chi connectivity index (χ3v) is 0.667. The minimum Gasteiger partial charge on any atom is -0.481 e. The molecule has 0 aromatic carbocycles. The Labute approximate surface area is 70.3 Å². The van der Waals surface area contributed by atoms with E-state index < -0.39 is 18.4 Å². The van der Waals surface area contributed by atoms with Gasteiger partial charge in [0.05, 0.1) is 6.42 Å². The molecule has 0 aromatic rings. The highest BCUT2D eigenvalue weighted by Gasteiger charge is 2.07. The largest absolute Gasteiger partial charge is 0.481 e. The van der Waals surface area contributed by atoms with Crippen molar-refractivity contribution in [2.24, 2.45) is 0 Å². The first-order valence-electron chi connectivity index (χ1n) is 2.98. The number of carboxylic acids is 2. The number of hydrogen-bond acceptors (Lipinski definition) is 3. The van der Waals surface area contributed by atoms with Gasteiger partial charge >= 0.3 is 11.9 Å². The van der Waals surface area contributed by atoms with Crippen molar-refractivity contribution in [1.82, 2.24) is 0 Å². The van der Waals surface area contributed by atoms with Crippen LogP contribution in [0.25, 0.3) is 0 Å². The highest BCUT2D eigenvalue weighted by Crippen LogP contribution is 1.95. The zero-order chi connectivity index (χ0) is 10.1. The summed E-state index contributed by atoms with van der Waals surface area (Å²) in [6, 6.07) is 0. The second-order valence-corrected chi connectivity index (χ2v) is 1.89. The molecule has 0 aliphatic rings. The van der Waals surface area contributed by atoms with Crippen molar-refractivity contribution in [3.8, 4) is 0 Å². The lowest BCUT2D eigenvalue weighted by atomic mass is 10.2. The van der Waals surface area contributed by atoms with Gasteiger partial charge in [-0.3, -0.25) is 4.79 Å². The van der Waals surface area contributed by atoms with Crippen molar-refractivity contribution in [3.63, 3.8) is 0 Å². The van der Waals surface area contributed by atoms with Crippen molar-refractivity contribution in [1.29, 1.82) is 0 Å². The van der Waals surface area contributed by atoms with E-state index in [0.29, 0.717) is 0 Å². The van der Waals surface area contributed by atoms with Crippen LogP contribution in [0.2, 0.25) is 0 Å². The van der Waals surface area contributed by atoms with Gasteiger partial charge < -0.3 is 14.9 Å². The Hall–Kier alpha value is -1.36. The highest BCUT2D eigenvalue weighted by molar-refractivity contribution is 5.91. The van der Waals surface area contributed by atoms with Gasteiger partial charge in [-0.05, 0) is 0 Å². The van der Waals surface area contributed by atoms with Crippen molar-refractivity contribution < 1.29 is 24.5 Å². The molecule has 0 saturated heterocycles. The monoisotopic (exact) mass is 176 g/mol. The molecule has 0 unspecified atom stereocenters. The lowest BCUT2D eigenvalue weighted by molar-refractivity contribution is -0.139. The molecule has 12 heavy (non-hydrogen) atoms. The maximum atomic E-state index is 9.87. The SMILES string of the molecule is C=C(CC(=O)O)C(=O)O.COC. The van der Waals surface area contributed by atoms with Crippen LogP contribution in [-0.2, 0) is 14.3 Å². The fraction of sp³-hybridized carbons (Fsp3) is 0.429. The van der Waals surface area contributed by atoms with Crippen LogP contribution in [0.4, 0.5) is 0 Å². The molecule has 5 nitrogen and oxygen atoms in total. The molecule has 70 valence electrons. The van der Waals surface area contributed by atoms with E-state index in [1.807, 2.05) is 0 Å². The highest BCUT2D eigenvalue weighted by atomic mass is 16.4. The number of ether oxygens (including phenoxy) is 1. The van der Waals surface area contributed by atoms with Gasteiger partial charge in [0, 0.05) is 19.8 Å². The first-order chi connectivity index (χ1) is 5.45. The Morgan fingerprint density at radius 2 is 1.67 bits per heavy atom. The van der Waals surface area contributed by atoms with Crippen molar-refractivity contribution in [2.75, 3.05) is 14.2 Å². The maximum Gasteiger partial charge on any atom is 0.331 e. The van der Waals surface area contributed by atoms with Crippen LogP contribution in [0.3, 0.4) is 0 Å². The van der Waals surface area contributed by atoms with Crippen LogP contribution in [0.1, 0.15) is 6.42 Å². The van der Waals surface area contributed by atoms with Crippen LogP contribution < -0.4 is 0 Å². The van der Waals surface area contributed by atoms with Crippen LogP contribution in [-0.4, -0.2) is 36.4 Å². The fourth-order valence-electron chi connectivity index (χ4n) is 0.258. The molecular formula is C7H12O5. The van der Waals surface area contributed by atoms with Crippen molar-refractivity contribution >= 4 is 11.9 Å². The first kappa shape index (κ1) is 13.2. The Kier molecular flexibility index (Phi) is 8.55. The molecule has 2 N–H and O–H groups in total. The molecule has 0 atom stereocenters. The number of rotatable bonds is 3. The van der Waals surface area contributed by atoms with Crippen LogP contribution in [0.5, 0.6) is 0 Å². The molecule has 0 rings (SSSR count). The molecule has 0 aromatic heterocycles. The summed E-state index contributed by atoms with van der Waals surface area (Å²) in [6.07, 6.45) is -0.505. The van der Waals surface area contributed by atoms with Gasteiger partial charge in [-0.15, -0.1) is 0 Å². The number of carboxylic acid groups (broad SMARTS) is 2. The molecule has 5 heteroatoms. The molecule has 0 saturated carbocycles. The van der Waals surface area contributed by atoms with E-state index in [1.165, 1.54) is 0 Å². The molecule has 0 spiro atoms. The van der Waals surface area contributed by atoms with Gasteiger partial charge in [-0.25, -0.2) is 4.79 Å². The fourth-order valence-corrected chi connectivity index (χ4v) is 0.258. The molecule has 0 bridgehead atoms. The molecule has 0 aliphatic carbocycles. The molecular weight excluding hydrogens is 164 g/mol. The summed E-state index contributed by atoms with van der Waals surface area (Å²) >= 11 is 0. The Balaban J connectivity index is 0. The smallest absolute Gasteiger partial charge is 0.331 e. The summed E-state index contributed by atoms with van der Waals surface area (Å²) in [5.41, 5.74) is -0.303. The van der Waals surface area contributed by atoms with E-state index in [4.69, 9.17) is 10.2 Å². The minimum absolute atomic E-state index is 0.303. The Morgan fingerprint density at radius 1 is 1.33 bits per heavy atom. The minimum atomic E-state index is -1.27. The Morgan fingerprint density at radius 3 is 1.75 bits per heavy atom. The maximum absolute atomic E-state index is 9.87. The zero-order valence-corrected chi connectivity index (χ0v) is 7.03. The summed E-state index contributed by atoms with van der Waals surface area (Å²) in [6.45, 7) is 3.01. The molecule has 0 heterocycles. The molecule has 0 radical (unpaired) electrons. The quantitative estimate of drug-likeness (QED) is 0.606. The summed E-state index contributed by atoms with van der Waals surface area (Å²) in [5.74, 6) is -2.44. The topological polar surface area (TPSA) is 83.8 Å². The third kappa shape index (κ3) is 11.4. The van der Waals surface area contributed by atoms with Crippen LogP contribution in [0, 0.1) is 0 Å². The second kappa shape index (κ2) is 7.74. The van der Waals surface area contributed by atoms with E-state index in [-0.39, 0.29) is 5.57 Å². The molecule has 0 amide bonds. The number of methoxy groups -OCH3 is 1. The van der Waals surface area contributed by atoms with Gasteiger partial charge in [0.25, 0.3) is 0 Å². The third-order valence-electron chi connectivity index (χ3n) is 0.667. The van der Waals surface area contributed by atoms with Gasteiger partial charge in [-0.1, -0.05) is 6.58 Å². The van der Waals surface area contributed by atoms with E-state index in [2.05, 4.69) is 11.3 Å².